The predicted molar refractivity (Wildman–Crippen MR) is 132 cm³/mol. The van der Waals surface area contributed by atoms with Gasteiger partial charge in [0, 0.05) is 30.2 Å². The van der Waals surface area contributed by atoms with E-state index in [9.17, 15) is 13.2 Å². The number of aromatic nitrogens is 2. The standard InChI is InChI=1S/C24H33ClN4O4S/c1-15(24(2,3)4)26-23(30)22-21(28-34(31,32)19-9-5-17(25)6-10-19)20(16-11-13-33-14-12-16)27-29(22)18-7-8-18/h5-6,9-10,15-16,18,28H,7-8,11-14H2,1-4H3,(H,26,30). The van der Waals surface area contributed by atoms with Gasteiger partial charge in [0.25, 0.3) is 15.9 Å². The number of nitrogens with zero attached hydrogens (tertiary/aromatic N) is 2. The van der Waals surface area contributed by atoms with Gasteiger partial charge in [-0.15, -0.1) is 0 Å². The summed E-state index contributed by atoms with van der Waals surface area (Å²) in [6, 6.07) is 5.92. The Hall–Kier alpha value is -2.10. The Morgan fingerprint density at radius 3 is 2.32 bits per heavy atom. The van der Waals surface area contributed by atoms with Crippen LogP contribution in [0.25, 0.3) is 0 Å². The normalized spacial score (nSPS) is 18.5. The molecule has 1 atom stereocenters. The molecule has 1 aliphatic heterocycles. The van der Waals surface area contributed by atoms with Crippen LogP contribution in [0.4, 0.5) is 5.69 Å². The maximum atomic E-state index is 13.6. The highest BCUT2D eigenvalue weighted by molar-refractivity contribution is 7.92. The number of amides is 1. The third-order valence-corrected chi connectivity index (χ3v) is 8.28. The third kappa shape index (κ3) is 5.42. The van der Waals surface area contributed by atoms with E-state index in [-0.39, 0.29) is 45.6 Å². The van der Waals surface area contributed by atoms with Crippen LogP contribution in [-0.2, 0) is 14.8 Å². The number of benzene rings is 1. The van der Waals surface area contributed by atoms with Crippen LogP contribution >= 0.6 is 11.6 Å². The summed E-state index contributed by atoms with van der Waals surface area (Å²) in [6.07, 6.45) is 3.26. The van der Waals surface area contributed by atoms with E-state index >= 15 is 0 Å². The highest BCUT2D eigenvalue weighted by Gasteiger charge is 2.37. The first-order valence-corrected chi connectivity index (χ1v) is 13.6. The van der Waals surface area contributed by atoms with Crippen LogP contribution < -0.4 is 10.0 Å². The van der Waals surface area contributed by atoms with Crippen LogP contribution in [0.2, 0.25) is 5.02 Å². The van der Waals surface area contributed by atoms with Crippen molar-refractivity contribution in [1.29, 1.82) is 0 Å². The smallest absolute Gasteiger partial charge is 0.271 e. The van der Waals surface area contributed by atoms with E-state index in [1.807, 2.05) is 27.7 Å². The Morgan fingerprint density at radius 1 is 1.15 bits per heavy atom. The molecule has 2 N–H and O–H groups in total. The number of hydrogen-bond acceptors (Lipinski definition) is 5. The Bertz CT molecular complexity index is 1140. The molecule has 1 aromatic carbocycles. The lowest BCUT2D eigenvalue weighted by molar-refractivity contribution is 0.0844. The Kier molecular flexibility index (Phi) is 6.99. The van der Waals surface area contributed by atoms with E-state index in [1.54, 1.807) is 4.68 Å². The molecule has 1 saturated heterocycles. The van der Waals surface area contributed by atoms with Gasteiger partial charge in [-0.3, -0.25) is 14.2 Å². The summed E-state index contributed by atoms with van der Waals surface area (Å²) < 4.78 is 36.7. The Morgan fingerprint density at radius 2 is 1.76 bits per heavy atom. The van der Waals surface area contributed by atoms with Crippen LogP contribution in [0.3, 0.4) is 0 Å². The average Bonchev–Trinajstić information content (AvgIpc) is 3.55. The Balaban J connectivity index is 1.79. The summed E-state index contributed by atoms with van der Waals surface area (Å²) in [5, 5.41) is 8.35. The van der Waals surface area contributed by atoms with Gasteiger partial charge >= 0.3 is 0 Å². The first-order chi connectivity index (χ1) is 16.0. The molecule has 186 valence electrons. The molecule has 0 radical (unpaired) electrons. The lowest BCUT2D eigenvalue weighted by Crippen LogP contribution is -2.42. The Labute approximate surface area is 206 Å². The van der Waals surface area contributed by atoms with Gasteiger partial charge in [-0.25, -0.2) is 8.42 Å². The molecule has 0 spiro atoms. The number of nitrogens with one attached hydrogen (secondary N) is 2. The number of anilines is 1. The summed E-state index contributed by atoms with van der Waals surface area (Å²) in [4.78, 5) is 13.7. The van der Waals surface area contributed by atoms with Crippen molar-refractivity contribution in [3.8, 4) is 0 Å². The van der Waals surface area contributed by atoms with Gasteiger partial charge in [0.1, 0.15) is 5.69 Å². The molecule has 4 rings (SSSR count). The number of sulfonamides is 1. The highest BCUT2D eigenvalue weighted by atomic mass is 35.5. The zero-order chi connectivity index (χ0) is 24.7. The molecule has 1 aromatic heterocycles. The molecule has 10 heteroatoms. The van der Waals surface area contributed by atoms with Crippen molar-refractivity contribution in [2.24, 2.45) is 5.41 Å². The zero-order valence-electron chi connectivity index (χ0n) is 20.1. The monoisotopic (exact) mass is 508 g/mol. The topological polar surface area (TPSA) is 102 Å². The summed E-state index contributed by atoms with van der Waals surface area (Å²) in [5.41, 5.74) is 0.998. The molecule has 34 heavy (non-hydrogen) atoms. The lowest BCUT2D eigenvalue weighted by Gasteiger charge is -2.28. The zero-order valence-corrected chi connectivity index (χ0v) is 21.7. The second-order valence-corrected chi connectivity index (χ2v) is 12.4. The van der Waals surface area contributed by atoms with E-state index in [0.717, 1.165) is 25.7 Å². The number of hydrogen-bond donors (Lipinski definition) is 2. The first-order valence-electron chi connectivity index (χ1n) is 11.8. The molecule has 1 amide bonds. The summed E-state index contributed by atoms with van der Waals surface area (Å²) in [6.45, 7) is 9.25. The maximum Gasteiger partial charge on any atom is 0.271 e. The molecule has 1 unspecified atom stereocenters. The van der Waals surface area contributed by atoms with Crippen LogP contribution in [0.5, 0.6) is 0 Å². The quantitative estimate of drug-likeness (QED) is 0.562. The average molecular weight is 509 g/mol. The van der Waals surface area contributed by atoms with Crippen LogP contribution in [0, 0.1) is 5.41 Å². The number of ether oxygens (including phenoxy) is 1. The van der Waals surface area contributed by atoms with Crippen molar-refractivity contribution in [2.45, 2.75) is 76.3 Å². The SMILES string of the molecule is CC(NC(=O)c1c(NS(=O)(=O)c2ccc(Cl)cc2)c(C2CCOCC2)nn1C1CC1)C(C)(C)C. The van der Waals surface area contributed by atoms with E-state index in [2.05, 4.69) is 10.0 Å². The van der Waals surface area contributed by atoms with Crippen molar-refractivity contribution in [3.05, 3.63) is 40.7 Å². The van der Waals surface area contributed by atoms with E-state index < -0.39 is 10.0 Å². The molecule has 0 bridgehead atoms. The van der Waals surface area contributed by atoms with E-state index in [4.69, 9.17) is 21.4 Å². The number of rotatable bonds is 7. The summed E-state index contributed by atoms with van der Waals surface area (Å²) in [7, 11) is -3.97. The van der Waals surface area contributed by atoms with Crippen LogP contribution in [0.15, 0.2) is 29.2 Å². The molecular formula is C24H33ClN4O4S. The van der Waals surface area contributed by atoms with Gasteiger partial charge in [0.2, 0.25) is 0 Å². The highest BCUT2D eigenvalue weighted by Crippen LogP contribution is 2.42. The number of carbonyl (C=O) groups is 1. The largest absolute Gasteiger partial charge is 0.381 e. The van der Waals surface area contributed by atoms with E-state index in [1.165, 1.54) is 24.3 Å². The van der Waals surface area contributed by atoms with E-state index in [0.29, 0.717) is 23.9 Å². The minimum Gasteiger partial charge on any atom is -0.381 e. The van der Waals surface area contributed by atoms with Crippen molar-refractivity contribution in [1.82, 2.24) is 15.1 Å². The summed E-state index contributed by atoms with van der Waals surface area (Å²) >= 11 is 5.95. The molecule has 2 heterocycles. The van der Waals surface area contributed by atoms with Crippen molar-refractivity contribution >= 4 is 33.2 Å². The number of carbonyl (C=O) groups excluding carboxylic acids is 1. The van der Waals surface area contributed by atoms with Gasteiger partial charge in [-0.2, -0.15) is 5.10 Å². The molecule has 2 fully saturated rings. The fourth-order valence-electron chi connectivity index (χ4n) is 3.90. The lowest BCUT2D eigenvalue weighted by atomic mass is 9.88. The second kappa shape index (κ2) is 9.51. The third-order valence-electron chi connectivity index (χ3n) is 6.66. The number of halogens is 1. The fraction of sp³-hybridized carbons (Fsp3) is 0.583. The molecule has 8 nitrogen and oxygen atoms in total. The molecule has 1 aliphatic carbocycles. The van der Waals surface area contributed by atoms with Gasteiger partial charge < -0.3 is 10.1 Å². The molecule has 2 aliphatic rings. The predicted octanol–water partition coefficient (Wildman–Crippen LogP) is 4.73. The van der Waals surface area contributed by atoms with Gasteiger partial charge in [-0.1, -0.05) is 32.4 Å². The summed E-state index contributed by atoms with van der Waals surface area (Å²) in [5.74, 6) is -0.322. The molecular weight excluding hydrogens is 476 g/mol. The van der Waals surface area contributed by atoms with Crippen LogP contribution in [-0.4, -0.2) is 43.4 Å². The van der Waals surface area contributed by atoms with Crippen molar-refractivity contribution in [2.75, 3.05) is 17.9 Å². The minimum atomic E-state index is -3.97. The first kappa shape index (κ1) is 25.0. The van der Waals surface area contributed by atoms with Crippen LogP contribution in [0.1, 0.15) is 81.5 Å². The van der Waals surface area contributed by atoms with Gasteiger partial charge in [-0.05, 0) is 62.3 Å². The van der Waals surface area contributed by atoms with Gasteiger partial charge in [0.05, 0.1) is 16.6 Å². The maximum absolute atomic E-state index is 13.6. The molecule has 2 aromatic rings. The van der Waals surface area contributed by atoms with Gasteiger partial charge in [0.15, 0.2) is 5.69 Å². The minimum absolute atomic E-state index is 0.00302. The second-order valence-electron chi connectivity index (χ2n) is 10.3. The fourth-order valence-corrected chi connectivity index (χ4v) is 5.11. The van der Waals surface area contributed by atoms with Crippen molar-refractivity contribution < 1.29 is 17.9 Å². The molecule has 1 saturated carbocycles. The van der Waals surface area contributed by atoms with Crippen molar-refractivity contribution in [3.63, 3.8) is 0 Å².